The van der Waals surface area contributed by atoms with E-state index in [9.17, 15) is 9.90 Å². The van der Waals surface area contributed by atoms with Gasteiger partial charge in [-0.2, -0.15) is 0 Å². The molecule has 0 saturated carbocycles. The van der Waals surface area contributed by atoms with Crippen LogP contribution in [0, 0.1) is 0 Å². The summed E-state index contributed by atoms with van der Waals surface area (Å²) in [5.74, 6) is -0.285. The van der Waals surface area contributed by atoms with Crippen LogP contribution in [-0.4, -0.2) is 17.6 Å². The number of nitrogens with two attached hydrogens (primary N) is 1. The molecular weight excluding hydrogens is 320 g/mol. The predicted octanol–water partition coefficient (Wildman–Crippen LogP) is 2.49. The van der Waals surface area contributed by atoms with Gasteiger partial charge in [0.15, 0.2) is 0 Å². The molecule has 0 saturated heterocycles. The Hall–Kier alpha value is -1.85. The van der Waals surface area contributed by atoms with Crippen LogP contribution in [0.2, 0.25) is 0 Å². The van der Waals surface area contributed by atoms with Gasteiger partial charge >= 0.3 is 0 Å². The number of aliphatic hydroxyl groups excluding tert-OH is 1. The van der Waals surface area contributed by atoms with E-state index in [0.717, 1.165) is 5.56 Å². The highest BCUT2D eigenvalue weighted by molar-refractivity contribution is 9.10. The Labute approximate surface area is 125 Å². The van der Waals surface area contributed by atoms with Crippen LogP contribution in [-0.2, 0) is 0 Å². The molecule has 1 atom stereocenters. The molecule has 4 N–H and O–H groups in total. The molecule has 4 nitrogen and oxygen atoms in total. The number of nitrogens with one attached hydrogen (secondary N) is 1. The lowest BCUT2D eigenvalue weighted by molar-refractivity contribution is 0.0915. The predicted molar refractivity (Wildman–Crippen MR) is 82.3 cm³/mol. The zero-order chi connectivity index (χ0) is 14.5. The summed E-state index contributed by atoms with van der Waals surface area (Å²) in [6, 6.07) is 14.0. The Bertz CT molecular complexity index is 602. The smallest absolute Gasteiger partial charge is 0.253 e. The van der Waals surface area contributed by atoms with Crippen molar-refractivity contribution in [3.8, 4) is 0 Å². The molecule has 2 rings (SSSR count). The Kier molecular flexibility index (Phi) is 4.76. The molecular formula is C15H15BrN2O2. The summed E-state index contributed by atoms with van der Waals surface area (Å²) in [5.41, 5.74) is 7.55. The summed E-state index contributed by atoms with van der Waals surface area (Å²) >= 11 is 3.30. The van der Waals surface area contributed by atoms with Crippen LogP contribution in [0.5, 0.6) is 0 Å². The number of benzene rings is 2. The topological polar surface area (TPSA) is 75.4 Å². The minimum atomic E-state index is -0.447. The monoisotopic (exact) mass is 334 g/mol. The lowest BCUT2D eigenvalue weighted by Gasteiger charge is -2.17. The van der Waals surface area contributed by atoms with E-state index in [1.807, 2.05) is 30.3 Å². The number of hydrogen-bond acceptors (Lipinski definition) is 3. The van der Waals surface area contributed by atoms with Crippen LogP contribution in [0.25, 0.3) is 0 Å². The fourth-order valence-corrected chi connectivity index (χ4v) is 2.33. The van der Waals surface area contributed by atoms with E-state index in [0.29, 0.717) is 15.7 Å². The van der Waals surface area contributed by atoms with Crippen LogP contribution >= 0.6 is 15.9 Å². The fraction of sp³-hybridized carbons (Fsp3) is 0.133. The van der Waals surface area contributed by atoms with Crippen molar-refractivity contribution in [3.63, 3.8) is 0 Å². The average Bonchev–Trinajstić information content (AvgIpc) is 2.48. The molecule has 0 fully saturated rings. The van der Waals surface area contributed by atoms with Crippen LogP contribution < -0.4 is 11.1 Å². The zero-order valence-electron chi connectivity index (χ0n) is 10.7. The molecule has 0 spiro atoms. The third-order valence-electron chi connectivity index (χ3n) is 2.96. The number of carbonyl (C=O) groups excluding carboxylic acids is 1. The molecule has 2 aromatic rings. The van der Waals surface area contributed by atoms with Gasteiger partial charge < -0.3 is 16.2 Å². The zero-order valence-corrected chi connectivity index (χ0v) is 12.3. The lowest BCUT2D eigenvalue weighted by atomic mass is 10.1. The van der Waals surface area contributed by atoms with Gasteiger partial charge in [0.25, 0.3) is 5.91 Å². The molecule has 0 radical (unpaired) electrons. The van der Waals surface area contributed by atoms with Gasteiger partial charge in [-0.1, -0.05) is 36.4 Å². The number of aliphatic hydroxyl groups is 1. The molecule has 0 aromatic heterocycles. The van der Waals surface area contributed by atoms with Gasteiger partial charge in [-0.3, -0.25) is 4.79 Å². The molecule has 1 unspecified atom stereocenters. The summed E-state index contributed by atoms with van der Waals surface area (Å²) in [4.78, 5) is 12.3. The second-order valence-electron chi connectivity index (χ2n) is 4.33. The molecule has 104 valence electrons. The summed E-state index contributed by atoms with van der Waals surface area (Å²) in [6.45, 7) is -0.171. The average molecular weight is 335 g/mol. The van der Waals surface area contributed by atoms with Crippen molar-refractivity contribution in [2.45, 2.75) is 6.04 Å². The van der Waals surface area contributed by atoms with Crippen molar-refractivity contribution in [3.05, 3.63) is 64.1 Å². The highest BCUT2D eigenvalue weighted by Gasteiger charge is 2.17. The molecule has 5 heteroatoms. The standard InChI is InChI=1S/C15H15BrN2O2/c16-14-11(7-4-8-12(14)17)15(20)18-13(9-19)10-5-2-1-3-6-10/h1-8,13,19H,9,17H2,(H,18,20). The first-order valence-corrected chi connectivity index (χ1v) is 6.93. The van der Waals surface area contributed by atoms with Crippen molar-refractivity contribution < 1.29 is 9.90 Å². The molecule has 0 bridgehead atoms. The van der Waals surface area contributed by atoms with Gasteiger partial charge in [-0.15, -0.1) is 0 Å². The molecule has 20 heavy (non-hydrogen) atoms. The number of rotatable bonds is 4. The van der Waals surface area contributed by atoms with Gasteiger partial charge in [-0.25, -0.2) is 0 Å². The number of halogens is 1. The van der Waals surface area contributed by atoms with Gasteiger partial charge in [0.1, 0.15) is 0 Å². The summed E-state index contributed by atoms with van der Waals surface area (Å²) in [6.07, 6.45) is 0. The van der Waals surface area contributed by atoms with Crippen LogP contribution in [0.4, 0.5) is 5.69 Å². The number of nitrogen functional groups attached to an aromatic ring is 1. The molecule has 0 aliphatic heterocycles. The fourth-order valence-electron chi connectivity index (χ4n) is 1.88. The normalized spacial score (nSPS) is 11.9. The molecule has 0 aliphatic rings. The minimum absolute atomic E-state index is 0.171. The Balaban J connectivity index is 2.20. The van der Waals surface area contributed by atoms with Crippen LogP contribution in [0.15, 0.2) is 53.0 Å². The first-order chi connectivity index (χ1) is 9.63. The number of anilines is 1. The second kappa shape index (κ2) is 6.54. The quantitative estimate of drug-likeness (QED) is 0.752. The Morgan fingerprint density at radius 1 is 1.20 bits per heavy atom. The van der Waals surface area contributed by atoms with Crippen molar-refractivity contribution in [1.29, 1.82) is 0 Å². The Morgan fingerprint density at radius 2 is 1.90 bits per heavy atom. The first-order valence-electron chi connectivity index (χ1n) is 6.14. The largest absolute Gasteiger partial charge is 0.398 e. The van der Waals surface area contributed by atoms with E-state index >= 15 is 0 Å². The van der Waals surface area contributed by atoms with Gasteiger partial charge in [0.2, 0.25) is 0 Å². The molecule has 2 aromatic carbocycles. The highest BCUT2D eigenvalue weighted by atomic mass is 79.9. The third-order valence-corrected chi connectivity index (χ3v) is 3.85. The highest BCUT2D eigenvalue weighted by Crippen LogP contribution is 2.24. The maximum absolute atomic E-state index is 12.3. The first kappa shape index (κ1) is 14.6. The maximum atomic E-state index is 12.3. The Morgan fingerprint density at radius 3 is 2.55 bits per heavy atom. The van der Waals surface area contributed by atoms with E-state index in [1.54, 1.807) is 18.2 Å². The number of hydrogen-bond donors (Lipinski definition) is 3. The third kappa shape index (κ3) is 3.18. The second-order valence-corrected chi connectivity index (χ2v) is 5.12. The lowest BCUT2D eigenvalue weighted by Crippen LogP contribution is -2.31. The van der Waals surface area contributed by atoms with Crippen molar-refractivity contribution >= 4 is 27.5 Å². The van der Waals surface area contributed by atoms with E-state index in [1.165, 1.54) is 0 Å². The van der Waals surface area contributed by atoms with E-state index in [-0.39, 0.29) is 12.5 Å². The number of amides is 1. The van der Waals surface area contributed by atoms with Crippen molar-refractivity contribution in [1.82, 2.24) is 5.32 Å². The summed E-state index contributed by atoms with van der Waals surface area (Å²) in [7, 11) is 0. The molecule has 0 heterocycles. The van der Waals surface area contributed by atoms with E-state index in [2.05, 4.69) is 21.2 Å². The van der Waals surface area contributed by atoms with Crippen molar-refractivity contribution in [2.75, 3.05) is 12.3 Å². The van der Waals surface area contributed by atoms with Crippen LogP contribution in [0.1, 0.15) is 22.0 Å². The van der Waals surface area contributed by atoms with Gasteiger partial charge in [-0.05, 0) is 33.6 Å². The summed E-state index contributed by atoms with van der Waals surface area (Å²) in [5, 5.41) is 12.2. The summed E-state index contributed by atoms with van der Waals surface area (Å²) < 4.78 is 0.558. The van der Waals surface area contributed by atoms with Gasteiger partial charge in [0.05, 0.1) is 22.7 Å². The van der Waals surface area contributed by atoms with Crippen LogP contribution in [0.3, 0.4) is 0 Å². The molecule has 0 aliphatic carbocycles. The van der Waals surface area contributed by atoms with Crippen molar-refractivity contribution in [2.24, 2.45) is 0 Å². The SMILES string of the molecule is Nc1cccc(C(=O)NC(CO)c2ccccc2)c1Br. The maximum Gasteiger partial charge on any atom is 0.253 e. The minimum Gasteiger partial charge on any atom is -0.398 e. The molecule has 1 amide bonds. The van der Waals surface area contributed by atoms with E-state index in [4.69, 9.17) is 5.73 Å². The number of carbonyl (C=O) groups is 1. The van der Waals surface area contributed by atoms with Gasteiger partial charge in [0, 0.05) is 5.69 Å². The van der Waals surface area contributed by atoms with E-state index < -0.39 is 6.04 Å².